The van der Waals surface area contributed by atoms with E-state index in [4.69, 9.17) is 0 Å². The second kappa shape index (κ2) is 6.16. The maximum atomic E-state index is 9.38. The minimum Gasteiger partial charge on any atom is -0.394 e. The first kappa shape index (κ1) is 13.4. The maximum Gasteiger partial charge on any atom is 0.0637 e. The Morgan fingerprint density at radius 1 is 1.25 bits per heavy atom. The lowest BCUT2D eigenvalue weighted by Crippen LogP contribution is -2.38. The lowest BCUT2D eigenvalue weighted by atomic mass is 10.0. The number of hydrogen-bond acceptors (Lipinski definition) is 3. The molecule has 0 aliphatic heterocycles. The largest absolute Gasteiger partial charge is 0.394 e. The van der Waals surface area contributed by atoms with Crippen LogP contribution in [-0.4, -0.2) is 31.1 Å². The predicted molar refractivity (Wildman–Crippen MR) is 72.3 cm³/mol. The predicted octanol–water partition coefficient (Wildman–Crippen LogP) is 2.86. The van der Waals surface area contributed by atoms with Crippen LogP contribution in [-0.2, 0) is 0 Å². The van der Waals surface area contributed by atoms with Crippen molar-refractivity contribution >= 4 is 17.4 Å². The van der Waals surface area contributed by atoms with Gasteiger partial charge in [-0.25, -0.2) is 0 Å². The highest BCUT2D eigenvalue weighted by Crippen LogP contribution is 2.22. The standard InChI is InChI=1S/C13H21NOS/c1-10(2)13(9-15)14(3)11-5-7-12(16-4)8-6-11/h5-8,10,13,15H,9H2,1-4H3. The molecule has 0 amide bonds. The first-order chi connectivity index (χ1) is 7.60. The monoisotopic (exact) mass is 239 g/mol. The fraction of sp³-hybridized carbons (Fsp3) is 0.538. The summed E-state index contributed by atoms with van der Waals surface area (Å²) in [6.07, 6.45) is 2.07. The van der Waals surface area contributed by atoms with Crippen LogP contribution in [0.2, 0.25) is 0 Å². The lowest BCUT2D eigenvalue weighted by molar-refractivity contribution is 0.234. The Bertz CT molecular complexity index is 310. The second-order valence-corrected chi connectivity index (χ2v) is 5.18. The molecule has 0 aromatic heterocycles. The Balaban J connectivity index is 2.82. The summed E-state index contributed by atoms with van der Waals surface area (Å²) in [6, 6.07) is 8.63. The summed E-state index contributed by atoms with van der Waals surface area (Å²) in [5, 5.41) is 9.38. The van der Waals surface area contributed by atoms with E-state index >= 15 is 0 Å². The van der Waals surface area contributed by atoms with E-state index in [1.807, 2.05) is 7.05 Å². The van der Waals surface area contributed by atoms with Crippen molar-refractivity contribution in [2.24, 2.45) is 5.92 Å². The lowest BCUT2D eigenvalue weighted by Gasteiger charge is -2.31. The minimum absolute atomic E-state index is 0.181. The average Bonchev–Trinajstić information content (AvgIpc) is 2.29. The zero-order valence-electron chi connectivity index (χ0n) is 10.5. The van der Waals surface area contributed by atoms with Gasteiger partial charge < -0.3 is 10.0 Å². The summed E-state index contributed by atoms with van der Waals surface area (Å²) in [6.45, 7) is 4.46. The summed E-state index contributed by atoms with van der Waals surface area (Å²) >= 11 is 1.74. The fourth-order valence-corrected chi connectivity index (χ4v) is 2.20. The molecule has 1 aromatic rings. The Hall–Kier alpha value is -0.670. The number of thioether (sulfide) groups is 1. The number of hydrogen-bond donors (Lipinski definition) is 1. The molecule has 0 spiro atoms. The highest BCUT2D eigenvalue weighted by Gasteiger charge is 2.17. The molecule has 1 rings (SSSR count). The van der Waals surface area contributed by atoms with Crippen LogP contribution >= 0.6 is 11.8 Å². The molecular formula is C13H21NOS. The zero-order valence-corrected chi connectivity index (χ0v) is 11.3. The number of nitrogens with zero attached hydrogens (tertiary/aromatic N) is 1. The van der Waals surface area contributed by atoms with E-state index in [-0.39, 0.29) is 12.6 Å². The molecule has 0 bridgehead atoms. The molecule has 0 saturated carbocycles. The quantitative estimate of drug-likeness (QED) is 0.799. The molecule has 0 heterocycles. The van der Waals surface area contributed by atoms with Gasteiger partial charge in [0.2, 0.25) is 0 Å². The van der Waals surface area contributed by atoms with E-state index in [1.54, 1.807) is 11.8 Å². The Labute approximate surface area is 103 Å². The van der Waals surface area contributed by atoms with Crippen LogP contribution in [0.15, 0.2) is 29.2 Å². The number of benzene rings is 1. The van der Waals surface area contributed by atoms with Gasteiger partial charge in [-0.2, -0.15) is 0 Å². The van der Waals surface area contributed by atoms with Gasteiger partial charge in [-0.05, 0) is 36.4 Å². The molecule has 0 aliphatic carbocycles. The van der Waals surface area contributed by atoms with Crippen LogP contribution in [0, 0.1) is 5.92 Å². The molecule has 1 aromatic carbocycles. The van der Waals surface area contributed by atoms with Crippen molar-refractivity contribution in [3.05, 3.63) is 24.3 Å². The van der Waals surface area contributed by atoms with Crippen LogP contribution in [0.25, 0.3) is 0 Å². The van der Waals surface area contributed by atoms with E-state index < -0.39 is 0 Å². The molecule has 1 N–H and O–H groups in total. The fourth-order valence-electron chi connectivity index (χ4n) is 1.79. The van der Waals surface area contributed by atoms with E-state index in [9.17, 15) is 5.11 Å². The van der Waals surface area contributed by atoms with Gasteiger partial charge in [-0.3, -0.25) is 0 Å². The van der Waals surface area contributed by atoms with Gasteiger partial charge in [0.15, 0.2) is 0 Å². The molecule has 90 valence electrons. The molecule has 0 aliphatic rings. The van der Waals surface area contributed by atoms with Crippen LogP contribution in [0.5, 0.6) is 0 Å². The van der Waals surface area contributed by atoms with Crippen LogP contribution in [0.3, 0.4) is 0 Å². The maximum absolute atomic E-state index is 9.38. The first-order valence-corrected chi connectivity index (χ1v) is 6.80. The summed E-state index contributed by atoms with van der Waals surface area (Å²) in [4.78, 5) is 3.41. The van der Waals surface area contributed by atoms with E-state index in [0.29, 0.717) is 5.92 Å². The average molecular weight is 239 g/mol. The third-order valence-corrected chi connectivity index (χ3v) is 3.68. The molecule has 1 unspecified atom stereocenters. The SMILES string of the molecule is CSc1ccc(N(C)C(CO)C(C)C)cc1. The highest BCUT2D eigenvalue weighted by molar-refractivity contribution is 7.98. The van der Waals surface area contributed by atoms with Crippen molar-refractivity contribution in [1.82, 2.24) is 0 Å². The normalized spacial score (nSPS) is 12.9. The molecule has 0 saturated heterocycles. The van der Waals surface area contributed by atoms with E-state index in [1.165, 1.54) is 4.90 Å². The summed E-state index contributed by atoms with van der Waals surface area (Å²) in [5.41, 5.74) is 1.16. The Kier molecular flexibility index (Phi) is 5.16. The smallest absolute Gasteiger partial charge is 0.0637 e. The molecule has 3 heteroatoms. The number of aliphatic hydroxyl groups is 1. The van der Waals surface area contributed by atoms with Gasteiger partial charge in [0, 0.05) is 17.6 Å². The van der Waals surface area contributed by atoms with Crippen LogP contribution in [0.4, 0.5) is 5.69 Å². The number of anilines is 1. The van der Waals surface area contributed by atoms with Crippen molar-refractivity contribution < 1.29 is 5.11 Å². The van der Waals surface area contributed by atoms with Crippen molar-refractivity contribution in [3.63, 3.8) is 0 Å². The second-order valence-electron chi connectivity index (χ2n) is 4.30. The highest BCUT2D eigenvalue weighted by atomic mass is 32.2. The summed E-state index contributed by atoms with van der Waals surface area (Å²) in [7, 11) is 2.04. The number of rotatable bonds is 5. The van der Waals surface area contributed by atoms with E-state index in [2.05, 4.69) is 49.3 Å². The third-order valence-electron chi connectivity index (χ3n) is 2.93. The van der Waals surface area contributed by atoms with Gasteiger partial charge in [0.05, 0.1) is 12.6 Å². The van der Waals surface area contributed by atoms with Gasteiger partial charge in [0.25, 0.3) is 0 Å². The van der Waals surface area contributed by atoms with Crippen LogP contribution < -0.4 is 4.90 Å². The van der Waals surface area contributed by atoms with Crippen LogP contribution in [0.1, 0.15) is 13.8 Å². The molecule has 0 radical (unpaired) electrons. The summed E-state index contributed by atoms with van der Waals surface area (Å²) < 4.78 is 0. The number of aliphatic hydroxyl groups excluding tert-OH is 1. The van der Waals surface area contributed by atoms with Gasteiger partial charge >= 0.3 is 0 Å². The molecule has 1 atom stereocenters. The molecular weight excluding hydrogens is 218 g/mol. The molecule has 0 fully saturated rings. The van der Waals surface area contributed by atoms with E-state index in [0.717, 1.165) is 5.69 Å². The van der Waals surface area contributed by atoms with Crippen molar-refractivity contribution in [3.8, 4) is 0 Å². The summed E-state index contributed by atoms with van der Waals surface area (Å²) in [5.74, 6) is 0.440. The van der Waals surface area contributed by atoms with Gasteiger partial charge in [0.1, 0.15) is 0 Å². The molecule has 16 heavy (non-hydrogen) atoms. The third kappa shape index (κ3) is 3.16. The Morgan fingerprint density at radius 3 is 2.19 bits per heavy atom. The van der Waals surface area contributed by atoms with Gasteiger partial charge in [-0.1, -0.05) is 13.8 Å². The zero-order chi connectivity index (χ0) is 12.1. The van der Waals surface area contributed by atoms with Crippen molar-refractivity contribution in [2.45, 2.75) is 24.8 Å². The van der Waals surface area contributed by atoms with Crippen molar-refractivity contribution in [2.75, 3.05) is 24.8 Å². The first-order valence-electron chi connectivity index (χ1n) is 5.58. The number of likely N-dealkylation sites (N-methyl/N-ethyl adjacent to an activating group) is 1. The topological polar surface area (TPSA) is 23.5 Å². The molecule has 2 nitrogen and oxygen atoms in total. The van der Waals surface area contributed by atoms with Crippen molar-refractivity contribution in [1.29, 1.82) is 0 Å². The minimum atomic E-state index is 0.181. The Morgan fingerprint density at radius 2 is 1.81 bits per heavy atom. The van der Waals surface area contributed by atoms with Gasteiger partial charge in [-0.15, -0.1) is 11.8 Å².